The van der Waals surface area contributed by atoms with Gasteiger partial charge < -0.3 is 21.4 Å². The van der Waals surface area contributed by atoms with E-state index >= 15 is 0 Å². The maximum Gasteiger partial charge on any atom is 0.240 e. The SMILES string of the molecule is C=CC(N)=O.O.OCCO. The molecule has 0 saturated carbocycles. The quantitative estimate of drug-likeness (QED) is 0.389. The van der Waals surface area contributed by atoms with Gasteiger partial charge in [0.25, 0.3) is 0 Å². The number of carbonyl (C=O) groups is 1. The Kier molecular flexibility index (Phi) is 25.2. The summed E-state index contributed by atoms with van der Waals surface area (Å²) in [6, 6.07) is 0. The van der Waals surface area contributed by atoms with Crippen LogP contribution in [0.4, 0.5) is 0 Å². The minimum absolute atomic E-state index is 0. The van der Waals surface area contributed by atoms with Gasteiger partial charge in [-0.1, -0.05) is 6.58 Å². The summed E-state index contributed by atoms with van der Waals surface area (Å²) < 4.78 is 0. The molecule has 0 aromatic carbocycles. The Bertz CT molecular complexity index is 81.7. The molecule has 5 nitrogen and oxygen atoms in total. The van der Waals surface area contributed by atoms with Crippen molar-refractivity contribution in [1.29, 1.82) is 0 Å². The third-order valence-electron chi connectivity index (χ3n) is 0.301. The molecule has 0 heterocycles. The third-order valence-corrected chi connectivity index (χ3v) is 0.301. The first-order chi connectivity index (χ1) is 4.18. The molecular weight excluding hydrogens is 138 g/mol. The first-order valence-corrected chi connectivity index (χ1v) is 2.32. The lowest BCUT2D eigenvalue weighted by Gasteiger charge is -1.70. The van der Waals surface area contributed by atoms with Crippen LogP contribution in [0.25, 0.3) is 0 Å². The Labute approximate surface area is 59.1 Å². The lowest BCUT2D eigenvalue weighted by atomic mass is 10.6. The molecule has 62 valence electrons. The van der Waals surface area contributed by atoms with E-state index in [2.05, 4.69) is 12.3 Å². The minimum atomic E-state index is -0.481. The smallest absolute Gasteiger partial charge is 0.240 e. The number of amides is 1. The van der Waals surface area contributed by atoms with E-state index in [4.69, 9.17) is 10.2 Å². The molecule has 0 saturated heterocycles. The molecule has 0 aliphatic carbocycles. The molecule has 10 heavy (non-hydrogen) atoms. The number of hydrogen-bond acceptors (Lipinski definition) is 3. The maximum absolute atomic E-state index is 9.47. The van der Waals surface area contributed by atoms with Gasteiger partial charge in [0.1, 0.15) is 0 Å². The molecule has 0 aliphatic rings. The van der Waals surface area contributed by atoms with E-state index in [9.17, 15) is 4.79 Å². The van der Waals surface area contributed by atoms with E-state index in [1.54, 1.807) is 0 Å². The molecule has 0 rings (SSSR count). The summed E-state index contributed by atoms with van der Waals surface area (Å²) >= 11 is 0. The van der Waals surface area contributed by atoms with Crippen molar-refractivity contribution >= 4 is 5.91 Å². The van der Waals surface area contributed by atoms with Gasteiger partial charge in [-0.15, -0.1) is 0 Å². The van der Waals surface area contributed by atoms with Crippen LogP contribution in [-0.4, -0.2) is 34.8 Å². The Hall–Kier alpha value is -0.910. The van der Waals surface area contributed by atoms with Gasteiger partial charge in [0.05, 0.1) is 13.2 Å². The molecule has 0 aliphatic heterocycles. The van der Waals surface area contributed by atoms with Gasteiger partial charge in [-0.05, 0) is 6.08 Å². The van der Waals surface area contributed by atoms with Crippen molar-refractivity contribution in [2.45, 2.75) is 0 Å². The number of aliphatic hydroxyl groups excluding tert-OH is 2. The van der Waals surface area contributed by atoms with Gasteiger partial charge in [0.15, 0.2) is 0 Å². The van der Waals surface area contributed by atoms with Crippen LogP contribution in [0.2, 0.25) is 0 Å². The highest BCUT2D eigenvalue weighted by molar-refractivity contribution is 5.84. The monoisotopic (exact) mass is 151 g/mol. The minimum Gasteiger partial charge on any atom is -0.412 e. The van der Waals surface area contributed by atoms with Gasteiger partial charge in [-0.3, -0.25) is 4.79 Å². The van der Waals surface area contributed by atoms with Gasteiger partial charge >= 0.3 is 0 Å². The van der Waals surface area contributed by atoms with E-state index in [-0.39, 0.29) is 18.7 Å². The van der Waals surface area contributed by atoms with E-state index in [0.29, 0.717) is 0 Å². The van der Waals surface area contributed by atoms with Crippen molar-refractivity contribution in [2.24, 2.45) is 5.73 Å². The fourth-order valence-corrected chi connectivity index (χ4v) is 0. The Morgan fingerprint density at radius 1 is 1.50 bits per heavy atom. The van der Waals surface area contributed by atoms with Crippen LogP contribution in [0.1, 0.15) is 0 Å². The van der Waals surface area contributed by atoms with Crippen molar-refractivity contribution in [3.05, 3.63) is 12.7 Å². The van der Waals surface area contributed by atoms with Crippen molar-refractivity contribution in [1.82, 2.24) is 0 Å². The highest BCUT2D eigenvalue weighted by Gasteiger charge is 1.69. The van der Waals surface area contributed by atoms with E-state index in [1.165, 1.54) is 0 Å². The summed E-state index contributed by atoms with van der Waals surface area (Å²) in [5, 5.41) is 15.2. The Balaban J connectivity index is -0.0000000910. The van der Waals surface area contributed by atoms with Crippen LogP contribution in [0.3, 0.4) is 0 Å². The van der Waals surface area contributed by atoms with E-state index < -0.39 is 5.91 Å². The van der Waals surface area contributed by atoms with Crippen molar-refractivity contribution in [3.63, 3.8) is 0 Å². The van der Waals surface area contributed by atoms with Crippen LogP contribution in [0.15, 0.2) is 12.7 Å². The molecule has 0 unspecified atom stereocenters. The summed E-state index contributed by atoms with van der Waals surface area (Å²) in [6.45, 7) is 2.84. The average Bonchev–Trinajstić information content (AvgIpc) is 1.89. The zero-order valence-electron chi connectivity index (χ0n) is 5.58. The van der Waals surface area contributed by atoms with Gasteiger partial charge in [-0.25, -0.2) is 0 Å². The molecule has 1 amide bonds. The standard InChI is InChI=1S/C3H5NO.C2H6O2.H2O/c1-2-3(4)5;3-1-2-4;/h2H,1H2,(H2,4,5);3-4H,1-2H2;1H2. The lowest BCUT2D eigenvalue weighted by molar-refractivity contribution is -0.113. The van der Waals surface area contributed by atoms with Crippen molar-refractivity contribution < 1.29 is 20.5 Å². The van der Waals surface area contributed by atoms with Gasteiger partial charge in [0, 0.05) is 0 Å². The van der Waals surface area contributed by atoms with Crippen LogP contribution in [0.5, 0.6) is 0 Å². The van der Waals surface area contributed by atoms with E-state index in [0.717, 1.165) is 6.08 Å². The Morgan fingerprint density at radius 2 is 1.70 bits per heavy atom. The van der Waals surface area contributed by atoms with Crippen LogP contribution in [0, 0.1) is 0 Å². The number of hydrogen-bond donors (Lipinski definition) is 3. The predicted molar refractivity (Wildman–Crippen MR) is 37.2 cm³/mol. The third kappa shape index (κ3) is 60.2. The summed E-state index contributed by atoms with van der Waals surface area (Å²) in [4.78, 5) is 9.47. The maximum atomic E-state index is 9.47. The second kappa shape index (κ2) is 15.7. The normalized spacial score (nSPS) is 6.20. The number of rotatable bonds is 2. The molecule has 5 heteroatoms. The average molecular weight is 151 g/mol. The zero-order valence-corrected chi connectivity index (χ0v) is 5.58. The second-order valence-electron chi connectivity index (χ2n) is 1.05. The van der Waals surface area contributed by atoms with Crippen LogP contribution >= 0.6 is 0 Å². The first-order valence-electron chi connectivity index (χ1n) is 2.32. The lowest BCUT2D eigenvalue weighted by Crippen LogP contribution is -2.04. The molecule has 0 bridgehead atoms. The fraction of sp³-hybridized carbons (Fsp3) is 0.400. The summed E-state index contributed by atoms with van der Waals surface area (Å²) in [6.07, 6.45) is 1.06. The summed E-state index contributed by atoms with van der Waals surface area (Å²) in [5.74, 6) is -0.481. The van der Waals surface area contributed by atoms with Crippen molar-refractivity contribution in [2.75, 3.05) is 13.2 Å². The second-order valence-corrected chi connectivity index (χ2v) is 1.05. The zero-order chi connectivity index (χ0) is 7.70. The van der Waals surface area contributed by atoms with Crippen molar-refractivity contribution in [3.8, 4) is 0 Å². The number of nitrogens with two attached hydrogens (primary N) is 1. The molecule has 0 aromatic heterocycles. The summed E-state index contributed by atoms with van der Waals surface area (Å²) in [5.41, 5.74) is 4.53. The highest BCUT2D eigenvalue weighted by Crippen LogP contribution is 1.48. The topological polar surface area (TPSA) is 115 Å². The fourth-order valence-electron chi connectivity index (χ4n) is 0. The number of aliphatic hydroxyl groups is 2. The summed E-state index contributed by atoms with van der Waals surface area (Å²) in [7, 11) is 0. The highest BCUT2D eigenvalue weighted by atomic mass is 16.3. The molecular formula is C5H13NO4. The molecule has 0 aromatic rings. The first kappa shape index (κ1) is 16.0. The number of primary amides is 1. The van der Waals surface area contributed by atoms with Crippen LogP contribution in [-0.2, 0) is 4.79 Å². The molecule has 6 N–H and O–H groups in total. The predicted octanol–water partition coefficient (Wildman–Crippen LogP) is -2.20. The Morgan fingerprint density at radius 3 is 1.70 bits per heavy atom. The van der Waals surface area contributed by atoms with Gasteiger partial charge in [-0.2, -0.15) is 0 Å². The molecule has 0 spiro atoms. The molecule has 0 radical (unpaired) electrons. The molecule has 0 fully saturated rings. The largest absolute Gasteiger partial charge is 0.412 e. The molecule has 0 atom stereocenters. The van der Waals surface area contributed by atoms with Gasteiger partial charge in [0.2, 0.25) is 5.91 Å². The van der Waals surface area contributed by atoms with Crippen LogP contribution < -0.4 is 5.73 Å². The number of carbonyl (C=O) groups excluding carboxylic acids is 1. The van der Waals surface area contributed by atoms with E-state index in [1.807, 2.05) is 0 Å².